The minimum absolute atomic E-state index is 0.117. The van der Waals surface area contributed by atoms with Gasteiger partial charge < -0.3 is 14.2 Å². The molecule has 1 heterocycles. The lowest BCUT2D eigenvalue weighted by Crippen LogP contribution is -2.42. The van der Waals surface area contributed by atoms with Crippen molar-refractivity contribution in [1.82, 2.24) is 5.43 Å². The van der Waals surface area contributed by atoms with Crippen LogP contribution in [0.1, 0.15) is 15.9 Å². The van der Waals surface area contributed by atoms with Gasteiger partial charge in [0.05, 0.1) is 18.9 Å². The maximum Gasteiger partial charge on any atom is 0.337 e. The number of hydrogen-bond acceptors (Lipinski definition) is 6. The van der Waals surface area contributed by atoms with E-state index in [1.807, 2.05) is 6.07 Å². The summed E-state index contributed by atoms with van der Waals surface area (Å²) in [4.78, 5) is 23.4. The molecule has 7 heteroatoms. The van der Waals surface area contributed by atoms with Gasteiger partial charge in [-0.05, 0) is 29.8 Å². The maximum absolute atomic E-state index is 12.1. The summed E-state index contributed by atoms with van der Waals surface area (Å²) >= 11 is 0. The van der Waals surface area contributed by atoms with Crippen LogP contribution in [0.2, 0.25) is 0 Å². The summed E-state index contributed by atoms with van der Waals surface area (Å²) in [6, 6.07) is 13.8. The van der Waals surface area contributed by atoms with Crippen molar-refractivity contribution in [2.45, 2.75) is 6.10 Å². The highest BCUT2D eigenvalue weighted by atomic mass is 16.6. The quantitative estimate of drug-likeness (QED) is 0.521. The van der Waals surface area contributed by atoms with Gasteiger partial charge in [-0.2, -0.15) is 5.10 Å². The van der Waals surface area contributed by atoms with Crippen LogP contribution >= 0.6 is 0 Å². The van der Waals surface area contributed by atoms with Crippen molar-refractivity contribution in [3.05, 3.63) is 59.7 Å². The summed E-state index contributed by atoms with van der Waals surface area (Å²) in [6.45, 7) is 0.117. The third-order valence-electron chi connectivity index (χ3n) is 3.52. The standard InChI is InChI=1S/C18H16N2O5/c1-23-18(22)13-8-6-12(7-9-13)10-19-20-17(21)16-11-24-14-4-2-3-5-15(14)25-16/h2-10,16H,11H2,1H3,(H,20,21)/b19-10+/t16-/m1/s1. The van der Waals surface area contributed by atoms with Crippen LogP contribution < -0.4 is 14.9 Å². The molecule has 2 aromatic carbocycles. The van der Waals surface area contributed by atoms with Crippen LogP contribution in [0, 0.1) is 0 Å². The van der Waals surface area contributed by atoms with Crippen LogP contribution in [0.25, 0.3) is 0 Å². The molecule has 7 nitrogen and oxygen atoms in total. The van der Waals surface area contributed by atoms with E-state index < -0.39 is 18.0 Å². The van der Waals surface area contributed by atoms with Gasteiger partial charge in [-0.1, -0.05) is 24.3 Å². The zero-order valence-electron chi connectivity index (χ0n) is 13.5. The van der Waals surface area contributed by atoms with E-state index in [0.717, 1.165) is 5.56 Å². The first-order valence-corrected chi connectivity index (χ1v) is 7.57. The molecule has 0 bridgehead atoms. The third-order valence-corrected chi connectivity index (χ3v) is 3.52. The zero-order chi connectivity index (χ0) is 17.6. The van der Waals surface area contributed by atoms with Crippen molar-refractivity contribution in [2.24, 2.45) is 5.10 Å². The van der Waals surface area contributed by atoms with Crippen LogP contribution in [0.4, 0.5) is 0 Å². The minimum atomic E-state index is -0.770. The van der Waals surface area contributed by atoms with Crippen LogP contribution in [0.3, 0.4) is 0 Å². The fourth-order valence-electron chi connectivity index (χ4n) is 2.21. The molecule has 1 aliphatic rings. The molecule has 0 saturated carbocycles. The van der Waals surface area contributed by atoms with Crippen LogP contribution in [0.5, 0.6) is 11.5 Å². The highest BCUT2D eigenvalue weighted by molar-refractivity contribution is 5.91. The Balaban J connectivity index is 1.55. The van der Waals surface area contributed by atoms with E-state index in [4.69, 9.17) is 9.47 Å². The van der Waals surface area contributed by atoms with Crippen molar-refractivity contribution in [2.75, 3.05) is 13.7 Å². The Labute approximate surface area is 144 Å². The Kier molecular flexibility index (Phi) is 4.94. The predicted molar refractivity (Wildman–Crippen MR) is 89.9 cm³/mol. The topological polar surface area (TPSA) is 86.2 Å². The molecule has 0 fully saturated rings. The summed E-state index contributed by atoms with van der Waals surface area (Å²) < 4.78 is 15.7. The lowest BCUT2D eigenvalue weighted by Gasteiger charge is -2.24. The number of fused-ring (bicyclic) bond motifs is 1. The molecule has 0 radical (unpaired) electrons. The molecule has 0 saturated heterocycles. The number of methoxy groups -OCH3 is 1. The Bertz CT molecular complexity index is 801. The monoisotopic (exact) mass is 340 g/mol. The number of hydrogen-bond donors (Lipinski definition) is 1. The summed E-state index contributed by atoms with van der Waals surface area (Å²) in [5.41, 5.74) is 3.58. The van der Waals surface area contributed by atoms with Gasteiger partial charge in [0, 0.05) is 0 Å². The first-order valence-electron chi connectivity index (χ1n) is 7.57. The Morgan fingerprint density at radius 1 is 1.16 bits per heavy atom. The fraction of sp³-hybridized carbons (Fsp3) is 0.167. The SMILES string of the molecule is COC(=O)c1ccc(/C=N/NC(=O)[C@H]2COc3ccccc3O2)cc1. The maximum atomic E-state index is 12.1. The second kappa shape index (κ2) is 7.48. The highest BCUT2D eigenvalue weighted by Crippen LogP contribution is 2.30. The molecule has 2 aromatic rings. The number of nitrogens with one attached hydrogen (secondary N) is 1. The van der Waals surface area contributed by atoms with Gasteiger partial charge in [-0.15, -0.1) is 0 Å². The number of benzene rings is 2. The molecule has 1 amide bonds. The van der Waals surface area contributed by atoms with Crippen molar-refractivity contribution >= 4 is 18.1 Å². The van der Waals surface area contributed by atoms with E-state index in [2.05, 4.69) is 15.3 Å². The average Bonchev–Trinajstić information content (AvgIpc) is 2.67. The molecule has 0 spiro atoms. The lowest BCUT2D eigenvalue weighted by molar-refractivity contribution is -0.130. The fourth-order valence-corrected chi connectivity index (χ4v) is 2.21. The van der Waals surface area contributed by atoms with Gasteiger partial charge in [0.2, 0.25) is 6.10 Å². The van der Waals surface area contributed by atoms with Crippen molar-refractivity contribution in [3.63, 3.8) is 0 Å². The van der Waals surface area contributed by atoms with E-state index in [9.17, 15) is 9.59 Å². The third kappa shape index (κ3) is 3.95. The lowest BCUT2D eigenvalue weighted by atomic mass is 10.1. The van der Waals surface area contributed by atoms with Crippen LogP contribution in [0.15, 0.2) is 53.6 Å². The van der Waals surface area contributed by atoms with Crippen molar-refractivity contribution in [3.8, 4) is 11.5 Å². The summed E-state index contributed by atoms with van der Waals surface area (Å²) in [6.07, 6.45) is 0.699. The number of ether oxygens (including phenoxy) is 3. The van der Waals surface area contributed by atoms with E-state index in [1.165, 1.54) is 13.3 Å². The van der Waals surface area contributed by atoms with E-state index in [1.54, 1.807) is 42.5 Å². The summed E-state index contributed by atoms with van der Waals surface area (Å²) in [7, 11) is 1.32. The van der Waals surface area contributed by atoms with Gasteiger partial charge in [0.25, 0.3) is 5.91 Å². The second-order valence-corrected chi connectivity index (χ2v) is 5.21. The predicted octanol–water partition coefficient (Wildman–Crippen LogP) is 1.76. The molecule has 128 valence electrons. The summed E-state index contributed by atoms with van der Waals surface area (Å²) in [5, 5.41) is 3.89. The molecule has 0 unspecified atom stereocenters. The first-order chi connectivity index (χ1) is 12.2. The second-order valence-electron chi connectivity index (χ2n) is 5.21. The number of carbonyl (C=O) groups excluding carboxylic acids is 2. The van der Waals surface area contributed by atoms with E-state index >= 15 is 0 Å². The van der Waals surface area contributed by atoms with Crippen molar-refractivity contribution < 1.29 is 23.8 Å². The van der Waals surface area contributed by atoms with Crippen LogP contribution in [-0.4, -0.2) is 37.9 Å². The number of esters is 1. The molecule has 0 aliphatic carbocycles. The number of rotatable bonds is 4. The Hall–Kier alpha value is -3.35. The molecular weight excluding hydrogens is 324 g/mol. The number of nitrogens with zero attached hydrogens (tertiary/aromatic N) is 1. The molecule has 1 aliphatic heterocycles. The van der Waals surface area contributed by atoms with Crippen LogP contribution in [-0.2, 0) is 9.53 Å². The minimum Gasteiger partial charge on any atom is -0.485 e. The Morgan fingerprint density at radius 2 is 1.88 bits per heavy atom. The van der Waals surface area contributed by atoms with E-state index in [-0.39, 0.29) is 6.61 Å². The van der Waals surface area contributed by atoms with Gasteiger partial charge in [-0.25, -0.2) is 10.2 Å². The molecule has 0 aromatic heterocycles. The Morgan fingerprint density at radius 3 is 2.60 bits per heavy atom. The van der Waals surface area contributed by atoms with Gasteiger partial charge >= 0.3 is 5.97 Å². The normalized spacial score (nSPS) is 15.6. The molecule has 1 atom stereocenters. The molecule has 3 rings (SSSR count). The smallest absolute Gasteiger partial charge is 0.337 e. The van der Waals surface area contributed by atoms with Crippen molar-refractivity contribution in [1.29, 1.82) is 0 Å². The van der Waals surface area contributed by atoms with Gasteiger partial charge in [0.15, 0.2) is 11.5 Å². The number of hydrazone groups is 1. The molecule has 1 N–H and O–H groups in total. The number of amides is 1. The zero-order valence-corrected chi connectivity index (χ0v) is 13.5. The largest absolute Gasteiger partial charge is 0.485 e. The van der Waals surface area contributed by atoms with E-state index in [0.29, 0.717) is 17.1 Å². The number of carbonyl (C=O) groups is 2. The summed E-state index contributed by atoms with van der Waals surface area (Å²) in [5.74, 6) is 0.320. The molecule has 25 heavy (non-hydrogen) atoms. The first kappa shape index (κ1) is 16.5. The number of para-hydroxylation sites is 2. The van der Waals surface area contributed by atoms with Gasteiger partial charge in [0.1, 0.15) is 6.61 Å². The average molecular weight is 340 g/mol. The highest BCUT2D eigenvalue weighted by Gasteiger charge is 2.26. The molecular formula is C18H16N2O5. The van der Waals surface area contributed by atoms with Gasteiger partial charge in [-0.3, -0.25) is 4.79 Å².